The Labute approximate surface area is 433 Å². The summed E-state index contributed by atoms with van der Waals surface area (Å²) in [5.74, 6) is 0.296. The summed E-state index contributed by atoms with van der Waals surface area (Å²) in [6, 6.07) is 14.6. The van der Waals surface area contributed by atoms with Gasteiger partial charge in [-0.1, -0.05) is 42.5 Å². The highest BCUT2D eigenvalue weighted by atomic mass is 32.2. The topological polar surface area (TPSA) is 191 Å². The number of Topliss-reactive ketones (excluding diaryl/α,β-unsaturated/α-hetero) is 2. The molecule has 0 amide bonds. The Kier molecular flexibility index (Phi) is 15.2. The summed E-state index contributed by atoms with van der Waals surface area (Å²) in [6.45, 7) is 29.3. The molecule has 0 bridgehead atoms. The molecule has 2 aliphatic heterocycles. The van der Waals surface area contributed by atoms with E-state index in [1.54, 1.807) is 36.4 Å². The summed E-state index contributed by atoms with van der Waals surface area (Å²) in [6.07, 6.45) is 10.8. The van der Waals surface area contributed by atoms with E-state index in [0.717, 1.165) is 99.4 Å². The van der Waals surface area contributed by atoms with Crippen molar-refractivity contribution in [3.05, 3.63) is 140 Å². The van der Waals surface area contributed by atoms with Crippen molar-refractivity contribution in [2.45, 2.75) is 167 Å². The SMILES string of the molecule is Cc1cc(C)c(N=C2C=CC(=C(c3ccc(Nc4c(C)cc(C)c(CC(=O)C5CC(C)(C)NC(C)(C)C5)c4C)cc3)c3ccc(S(=O)(=O)O)cc3S(=O)(=O)O)C=C2)c(C)c1CC(=O)C1CC(C)(C)NC(C)(C)C1. The summed E-state index contributed by atoms with van der Waals surface area (Å²) in [4.78, 5) is 31.7. The summed E-state index contributed by atoms with van der Waals surface area (Å²) < 4.78 is 71.1. The van der Waals surface area contributed by atoms with Crippen LogP contribution >= 0.6 is 0 Å². The highest BCUT2D eigenvalue weighted by Gasteiger charge is 2.42. The van der Waals surface area contributed by atoms with Gasteiger partial charge < -0.3 is 16.0 Å². The van der Waals surface area contributed by atoms with Gasteiger partial charge in [0.1, 0.15) is 16.5 Å². The number of carbonyl (C=O) groups is 2. The van der Waals surface area contributed by atoms with Gasteiger partial charge in [-0.25, -0.2) is 4.99 Å². The second-order valence-corrected chi connectivity index (χ2v) is 26.4. The third-order valence-corrected chi connectivity index (χ3v) is 16.6. The number of rotatable bonds is 13. The molecule has 1 aliphatic carbocycles. The summed E-state index contributed by atoms with van der Waals surface area (Å²) in [5.41, 5.74) is 11.6. The molecule has 0 atom stereocenters. The van der Waals surface area contributed by atoms with E-state index in [4.69, 9.17) is 4.99 Å². The molecule has 14 heteroatoms. The van der Waals surface area contributed by atoms with E-state index in [0.29, 0.717) is 35.3 Å². The average molecular weight is 1030 g/mol. The largest absolute Gasteiger partial charge is 0.355 e. The molecule has 4 aromatic carbocycles. The van der Waals surface area contributed by atoms with Gasteiger partial charge in [-0.15, -0.1) is 0 Å². The Hall–Kier alpha value is -5.35. The third-order valence-electron chi connectivity index (χ3n) is 14.9. The number of carbonyl (C=O) groups excluding carboxylic acids is 2. The number of nitrogens with zero attached hydrogens (tertiary/aromatic N) is 1. The lowest BCUT2D eigenvalue weighted by molar-refractivity contribution is -0.125. The van der Waals surface area contributed by atoms with E-state index < -0.39 is 30.0 Å². The molecule has 3 aliphatic rings. The van der Waals surface area contributed by atoms with Gasteiger partial charge in [-0.2, -0.15) is 16.8 Å². The summed E-state index contributed by atoms with van der Waals surface area (Å²) in [5, 5.41) is 10.9. The zero-order valence-electron chi connectivity index (χ0n) is 45.0. The lowest BCUT2D eigenvalue weighted by Gasteiger charge is -2.46. The number of aryl methyl sites for hydroxylation is 4. The molecule has 0 saturated carbocycles. The van der Waals surface area contributed by atoms with Crippen molar-refractivity contribution in [3.8, 4) is 0 Å². The van der Waals surface area contributed by atoms with E-state index in [-0.39, 0.29) is 51.1 Å². The first kappa shape index (κ1) is 55.4. The normalized spacial score (nSPS) is 18.7. The number of hydrogen-bond donors (Lipinski definition) is 5. The maximum atomic E-state index is 14.0. The monoisotopic (exact) mass is 1030 g/mol. The van der Waals surface area contributed by atoms with Crippen LogP contribution < -0.4 is 16.0 Å². The van der Waals surface area contributed by atoms with E-state index in [9.17, 15) is 35.5 Å². The van der Waals surface area contributed by atoms with Crippen LogP contribution in [0.15, 0.2) is 99.3 Å². The molecule has 390 valence electrons. The second-order valence-electron chi connectivity index (χ2n) is 23.6. The Morgan fingerprint density at radius 2 is 1.07 bits per heavy atom. The molecule has 5 N–H and O–H groups in total. The van der Waals surface area contributed by atoms with Crippen LogP contribution in [-0.4, -0.2) is 65.4 Å². The quantitative estimate of drug-likeness (QED) is 0.0801. The van der Waals surface area contributed by atoms with E-state index >= 15 is 0 Å². The lowest BCUT2D eigenvalue weighted by Crippen LogP contribution is -2.59. The number of aliphatic imine (C=N–C) groups is 1. The van der Waals surface area contributed by atoms with Crippen LogP contribution in [0.3, 0.4) is 0 Å². The fourth-order valence-electron chi connectivity index (χ4n) is 12.3. The number of piperidine rings is 2. The molecule has 0 aromatic heterocycles. The van der Waals surface area contributed by atoms with Gasteiger partial charge in [-0.05, 0) is 220 Å². The van der Waals surface area contributed by atoms with Gasteiger partial charge in [0.25, 0.3) is 20.2 Å². The Balaban J connectivity index is 1.24. The molecule has 12 nitrogen and oxygen atoms in total. The molecule has 2 saturated heterocycles. The van der Waals surface area contributed by atoms with Crippen molar-refractivity contribution in [1.29, 1.82) is 0 Å². The Morgan fingerprint density at radius 1 is 0.603 bits per heavy atom. The maximum absolute atomic E-state index is 14.0. The zero-order valence-corrected chi connectivity index (χ0v) is 46.6. The minimum absolute atomic E-state index is 0.000377. The van der Waals surface area contributed by atoms with Crippen LogP contribution in [0.5, 0.6) is 0 Å². The van der Waals surface area contributed by atoms with E-state index in [1.807, 2.05) is 53.7 Å². The van der Waals surface area contributed by atoms with Gasteiger partial charge in [0.2, 0.25) is 0 Å². The Bertz CT molecular complexity index is 3220. The third kappa shape index (κ3) is 12.8. The van der Waals surface area contributed by atoms with Gasteiger partial charge in [-0.3, -0.25) is 18.7 Å². The van der Waals surface area contributed by atoms with Crippen molar-refractivity contribution in [2.75, 3.05) is 5.32 Å². The number of ketones is 2. The first-order valence-corrected chi connectivity index (χ1v) is 28.0. The predicted octanol–water partition coefficient (Wildman–Crippen LogP) is 11.8. The summed E-state index contributed by atoms with van der Waals surface area (Å²) >= 11 is 0. The van der Waals surface area contributed by atoms with Crippen molar-refractivity contribution in [1.82, 2.24) is 10.6 Å². The molecule has 2 fully saturated rings. The average Bonchev–Trinajstić information content (AvgIpc) is 3.25. The highest BCUT2D eigenvalue weighted by Crippen LogP contribution is 2.40. The second kappa shape index (κ2) is 20.1. The van der Waals surface area contributed by atoms with Crippen LogP contribution in [0.4, 0.5) is 17.1 Å². The van der Waals surface area contributed by atoms with Crippen molar-refractivity contribution >= 4 is 60.1 Å². The van der Waals surface area contributed by atoms with E-state index in [1.165, 1.54) is 6.07 Å². The van der Waals surface area contributed by atoms with Crippen LogP contribution in [0.25, 0.3) is 5.57 Å². The lowest BCUT2D eigenvalue weighted by atomic mass is 9.73. The zero-order chi connectivity index (χ0) is 54.0. The Morgan fingerprint density at radius 3 is 1.53 bits per heavy atom. The van der Waals surface area contributed by atoms with Crippen LogP contribution in [-0.2, 0) is 42.7 Å². The molecule has 0 radical (unpaired) electrons. The van der Waals surface area contributed by atoms with Gasteiger partial charge in [0.15, 0.2) is 0 Å². The molecule has 73 heavy (non-hydrogen) atoms. The van der Waals surface area contributed by atoms with Crippen molar-refractivity contribution in [2.24, 2.45) is 16.8 Å². The molecule has 2 heterocycles. The van der Waals surface area contributed by atoms with Crippen molar-refractivity contribution < 1.29 is 35.5 Å². The smallest absolute Gasteiger partial charge is 0.295 e. The van der Waals surface area contributed by atoms with Crippen LogP contribution in [0.1, 0.15) is 137 Å². The minimum atomic E-state index is -5.05. The number of allylic oxidation sites excluding steroid dienone is 5. The molecule has 0 spiro atoms. The number of nitrogens with one attached hydrogen (secondary N) is 3. The minimum Gasteiger partial charge on any atom is -0.355 e. The van der Waals surface area contributed by atoms with Gasteiger partial charge in [0, 0.05) is 63.8 Å². The van der Waals surface area contributed by atoms with Crippen LogP contribution in [0, 0.1) is 53.4 Å². The highest BCUT2D eigenvalue weighted by molar-refractivity contribution is 7.86. The van der Waals surface area contributed by atoms with Gasteiger partial charge >= 0.3 is 0 Å². The first-order chi connectivity index (χ1) is 33.6. The van der Waals surface area contributed by atoms with E-state index in [2.05, 4.69) is 83.5 Å². The predicted molar refractivity (Wildman–Crippen MR) is 294 cm³/mol. The molecular weight excluding hydrogens is 957 g/mol. The number of anilines is 2. The molecule has 0 unspecified atom stereocenters. The molecule has 4 aromatic rings. The number of benzene rings is 4. The van der Waals surface area contributed by atoms with Crippen LogP contribution in [0.2, 0.25) is 0 Å². The molecule has 7 rings (SSSR count). The number of hydrogen-bond acceptors (Lipinski definition) is 10. The van der Waals surface area contributed by atoms with Crippen molar-refractivity contribution in [3.63, 3.8) is 0 Å². The van der Waals surface area contributed by atoms with Gasteiger partial charge in [0.05, 0.1) is 16.3 Å². The first-order valence-electron chi connectivity index (χ1n) is 25.1. The maximum Gasteiger partial charge on any atom is 0.295 e. The summed E-state index contributed by atoms with van der Waals surface area (Å²) in [7, 11) is -9.89. The fourth-order valence-corrected chi connectivity index (χ4v) is 13.6. The standard InChI is InChI=1S/C59H74N4O8S2/c1-34-25-36(3)54(38(5)48(34)28-50(64)42-30-56(7,8)62-57(9,10)31-42)60-44-19-15-40(16-20-44)53(47-24-23-46(72(66,67)68)27-52(47)73(69,70)71)41-17-21-45(22-18-41)61-55-37(4)26-35(2)49(39(55)6)29-51(65)43-32-58(11,12)63-59(13,14)33-43/h15-27,42-43,60,62-63H,28-33H2,1-14H3,(H,66,67,68)(H,69,70,71). The molecular formula is C59H74N4O8S2. The fraction of sp³-hybridized carbons (Fsp3) is 0.441.